The molecule has 0 aliphatic rings. The Labute approximate surface area is 164 Å². The molecule has 0 fully saturated rings. The van der Waals surface area contributed by atoms with E-state index in [1.165, 1.54) is 30.9 Å². The fraction of sp³-hybridized carbons (Fsp3) is 0.273. The molecule has 2 aromatic rings. The van der Waals surface area contributed by atoms with Crippen LogP contribution < -0.4 is 10.1 Å². The van der Waals surface area contributed by atoms with E-state index < -0.39 is 24.3 Å². The minimum Gasteiger partial charge on any atom is -0.494 e. The van der Waals surface area contributed by atoms with E-state index in [1.807, 2.05) is 31.2 Å². The molecule has 1 atom stereocenters. The summed E-state index contributed by atoms with van der Waals surface area (Å²) in [6.45, 7) is 3.55. The molecule has 0 aliphatic carbocycles. The zero-order valence-corrected chi connectivity index (χ0v) is 16.2. The van der Waals surface area contributed by atoms with E-state index in [0.29, 0.717) is 5.56 Å². The molecule has 0 heterocycles. The zero-order valence-electron chi connectivity index (χ0n) is 16.2. The van der Waals surface area contributed by atoms with Gasteiger partial charge in [0.05, 0.1) is 13.2 Å². The summed E-state index contributed by atoms with van der Waals surface area (Å²) in [5.74, 6) is -1.50. The van der Waals surface area contributed by atoms with Gasteiger partial charge in [-0.3, -0.25) is 4.79 Å². The molecule has 0 bridgehead atoms. The summed E-state index contributed by atoms with van der Waals surface area (Å²) in [6, 6.07) is 12.1. The lowest BCUT2D eigenvalue weighted by Crippen LogP contribution is -2.30. The Balaban J connectivity index is 1.81. The summed E-state index contributed by atoms with van der Waals surface area (Å²) in [7, 11) is 1.37. The minimum absolute atomic E-state index is 0.120. The van der Waals surface area contributed by atoms with Gasteiger partial charge in [-0.15, -0.1) is 0 Å². The number of amides is 1. The number of carbonyl (C=O) groups excluding carboxylic acids is 2. The first-order valence-electron chi connectivity index (χ1n) is 8.99. The second-order valence-electron chi connectivity index (χ2n) is 6.22. The van der Waals surface area contributed by atoms with E-state index in [4.69, 9.17) is 9.47 Å². The van der Waals surface area contributed by atoms with Gasteiger partial charge in [-0.25, -0.2) is 9.18 Å². The van der Waals surface area contributed by atoms with Crippen molar-refractivity contribution in [2.45, 2.75) is 26.3 Å². The average molecular weight is 385 g/mol. The van der Waals surface area contributed by atoms with Gasteiger partial charge in [0.15, 0.2) is 18.2 Å². The van der Waals surface area contributed by atoms with Crippen molar-refractivity contribution in [3.63, 3.8) is 0 Å². The summed E-state index contributed by atoms with van der Waals surface area (Å²) in [6.07, 6.45) is 3.50. The summed E-state index contributed by atoms with van der Waals surface area (Å²) in [5.41, 5.74) is 2.67. The van der Waals surface area contributed by atoms with Crippen molar-refractivity contribution < 1.29 is 23.5 Å². The molecule has 28 heavy (non-hydrogen) atoms. The van der Waals surface area contributed by atoms with Crippen LogP contribution in [0.4, 0.5) is 4.39 Å². The van der Waals surface area contributed by atoms with Crippen molar-refractivity contribution in [2.75, 3.05) is 13.7 Å². The van der Waals surface area contributed by atoms with Crippen LogP contribution in [0.25, 0.3) is 6.08 Å². The van der Waals surface area contributed by atoms with Gasteiger partial charge < -0.3 is 14.8 Å². The van der Waals surface area contributed by atoms with Crippen LogP contribution in [0.15, 0.2) is 48.5 Å². The number of hydrogen-bond donors (Lipinski definition) is 1. The highest BCUT2D eigenvalue weighted by molar-refractivity contribution is 5.89. The Hall–Kier alpha value is -3.15. The molecule has 0 saturated carbocycles. The number of aryl methyl sites for hydroxylation is 1. The predicted octanol–water partition coefficient (Wildman–Crippen LogP) is 3.83. The molecule has 2 rings (SSSR count). The third-order valence-corrected chi connectivity index (χ3v) is 4.20. The number of ether oxygens (including phenoxy) is 2. The van der Waals surface area contributed by atoms with Gasteiger partial charge in [0, 0.05) is 6.08 Å². The Morgan fingerprint density at radius 1 is 1.18 bits per heavy atom. The molecule has 0 aromatic heterocycles. The first-order valence-corrected chi connectivity index (χ1v) is 8.99. The SMILES string of the molecule is CCc1ccc([C@@H](C)NC(=O)COC(=O)/C=C/c2ccc(OC)c(F)c2)cc1. The Bertz CT molecular complexity index is 846. The van der Waals surface area contributed by atoms with E-state index >= 15 is 0 Å². The van der Waals surface area contributed by atoms with Crippen LogP contribution >= 0.6 is 0 Å². The van der Waals surface area contributed by atoms with E-state index in [-0.39, 0.29) is 11.8 Å². The number of rotatable bonds is 8. The number of hydrogen-bond acceptors (Lipinski definition) is 4. The minimum atomic E-state index is -0.689. The number of nitrogens with one attached hydrogen (secondary N) is 1. The molecule has 0 aliphatic heterocycles. The van der Waals surface area contributed by atoms with Gasteiger partial charge in [-0.1, -0.05) is 37.3 Å². The number of halogens is 1. The monoisotopic (exact) mass is 385 g/mol. The first-order chi connectivity index (χ1) is 13.4. The van der Waals surface area contributed by atoms with Crippen molar-refractivity contribution in [3.05, 3.63) is 71.0 Å². The van der Waals surface area contributed by atoms with Crippen molar-refractivity contribution in [3.8, 4) is 5.75 Å². The van der Waals surface area contributed by atoms with Gasteiger partial charge in [0.1, 0.15) is 0 Å². The lowest BCUT2D eigenvalue weighted by atomic mass is 10.1. The Kier molecular flexibility index (Phi) is 7.75. The average Bonchev–Trinajstić information content (AvgIpc) is 2.70. The number of methoxy groups -OCH3 is 1. The zero-order chi connectivity index (χ0) is 20.5. The van der Waals surface area contributed by atoms with Crippen LogP contribution in [-0.4, -0.2) is 25.6 Å². The molecular formula is C22H24FNO4. The van der Waals surface area contributed by atoms with Crippen LogP contribution in [0.2, 0.25) is 0 Å². The Morgan fingerprint density at radius 3 is 2.50 bits per heavy atom. The third-order valence-electron chi connectivity index (χ3n) is 4.20. The van der Waals surface area contributed by atoms with Crippen molar-refractivity contribution in [1.29, 1.82) is 0 Å². The fourth-order valence-corrected chi connectivity index (χ4v) is 2.54. The second kappa shape index (κ2) is 10.3. The third kappa shape index (κ3) is 6.23. The molecule has 0 unspecified atom stereocenters. The quantitative estimate of drug-likeness (QED) is 0.554. The molecule has 0 spiro atoms. The molecular weight excluding hydrogens is 361 g/mol. The van der Waals surface area contributed by atoms with Crippen molar-refractivity contribution >= 4 is 18.0 Å². The maximum atomic E-state index is 13.6. The number of esters is 1. The summed E-state index contributed by atoms with van der Waals surface area (Å²) in [5, 5.41) is 2.78. The highest BCUT2D eigenvalue weighted by atomic mass is 19.1. The second-order valence-corrected chi connectivity index (χ2v) is 6.22. The molecule has 6 heteroatoms. The number of carbonyl (C=O) groups is 2. The molecule has 5 nitrogen and oxygen atoms in total. The van der Waals surface area contributed by atoms with Gasteiger partial charge in [0.2, 0.25) is 0 Å². The van der Waals surface area contributed by atoms with Crippen molar-refractivity contribution in [1.82, 2.24) is 5.32 Å². The van der Waals surface area contributed by atoms with E-state index in [9.17, 15) is 14.0 Å². The van der Waals surface area contributed by atoms with Crippen LogP contribution in [0.3, 0.4) is 0 Å². The highest BCUT2D eigenvalue weighted by Crippen LogP contribution is 2.18. The van der Waals surface area contributed by atoms with E-state index in [2.05, 4.69) is 12.2 Å². The summed E-state index contributed by atoms with van der Waals surface area (Å²) in [4.78, 5) is 23.7. The van der Waals surface area contributed by atoms with Crippen LogP contribution in [0.1, 0.15) is 36.6 Å². The fourth-order valence-electron chi connectivity index (χ4n) is 2.54. The molecule has 148 valence electrons. The lowest BCUT2D eigenvalue weighted by Gasteiger charge is -2.14. The smallest absolute Gasteiger partial charge is 0.331 e. The maximum Gasteiger partial charge on any atom is 0.331 e. The Morgan fingerprint density at radius 2 is 1.89 bits per heavy atom. The molecule has 2 aromatic carbocycles. The highest BCUT2D eigenvalue weighted by Gasteiger charge is 2.11. The maximum absolute atomic E-state index is 13.6. The molecule has 1 amide bonds. The predicted molar refractivity (Wildman–Crippen MR) is 105 cm³/mol. The van der Waals surface area contributed by atoms with Gasteiger partial charge in [0.25, 0.3) is 5.91 Å². The van der Waals surface area contributed by atoms with Gasteiger partial charge in [-0.2, -0.15) is 0 Å². The lowest BCUT2D eigenvalue weighted by molar-refractivity contribution is -0.144. The molecule has 0 saturated heterocycles. The number of benzene rings is 2. The molecule has 1 N–H and O–H groups in total. The van der Waals surface area contributed by atoms with Crippen molar-refractivity contribution in [2.24, 2.45) is 0 Å². The first kappa shape index (κ1) is 21.2. The topological polar surface area (TPSA) is 64.6 Å². The van der Waals surface area contributed by atoms with E-state index in [0.717, 1.165) is 18.1 Å². The standard InChI is InChI=1S/C22H24FNO4/c1-4-16-5-9-18(10-6-16)15(2)24-21(25)14-28-22(26)12-8-17-7-11-20(27-3)19(23)13-17/h5-13,15H,4,14H2,1-3H3,(H,24,25)/b12-8+/t15-/m1/s1. The van der Waals surface area contributed by atoms with Gasteiger partial charge in [-0.05, 0) is 48.2 Å². The summed E-state index contributed by atoms with van der Waals surface area (Å²) < 4.78 is 23.4. The van der Waals surface area contributed by atoms with Gasteiger partial charge >= 0.3 is 5.97 Å². The van der Waals surface area contributed by atoms with Crippen LogP contribution in [0.5, 0.6) is 5.75 Å². The molecule has 0 radical (unpaired) electrons. The largest absolute Gasteiger partial charge is 0.494 e. The normalized spacial score (nSPS) is 11.9. The van der Waals surface area contributed by atoms with E-state index in [1.54, 1.807) is 6.07 Å². The van der Waals surface area contributed by atoms with Crippen LogP contribution in [-0.2, 0) is 20.7 Å². The van der Waals surface area contributed by atoms with Crippen LogP contribution in [0, 0.1) is 5.82 Å². The summed E-state index contributed by atoms with van der Waals surface area (Å²) >= 11 is 0.